The Kier molecular flexibility index (Phi) is 6.94. The van der Waals surface area contributed by atoms with E-state index in [-0.39, 0.29) is 18.1 Å². The van der Waals surface area contributed by atoms with E-state index in [4.69, 9.17) is 9.26 Å². The third kappa shape index (κ3) is 6.14. The molecular formula is C22H24FN3O3. The Labute approximate surface area is 169 Å². The van der Waals surface area contributed by atoms with Crippen LogP contribution in [-0.4, -0.2) is 29.2 Å². The van der Waals surface area contributed by atoms with E-state index in [0.717, 1.165) is 5.56 Å². The van der Waals surface area contributed by atoms with E-state index in [1.54, 1.807) is 12.1 Å². The monoisotopic (exact) mass is 397 g/mol. The maximum Gasteiger partial charge on any atom is 0.227 e. The summed E-state index contributed by atoms with van der Waals surface area (Å²) in [7, 11) is 0. The number of benzene rings is 2. The first-order chi connectivity index (χ1) is 14.0. The van der Waals surface area contributed by atoms with Crippen molar-refractivity contribution in [3.05, 3.63) is 65.8 Å². The van der Waals surface area contributed by atoms with Crippen LogP contribution in [0, 0.1) is 5.82 Å². The average Bonchev–Trinajstić information content (AvgIpc) is 3.20. The molecule has 0 aliphatic heterocycles. The summed E-state index contributed by atoms with van der Waals surface area (Å²) in [4.78, 5) is 16.3. The number of nitrogens with one attached hydrogen (secondary N) is 1. The number of amides is 1. The van der Waals surface area contributed by atoms with Crippen LogP contribution in [-0.2, 0) is 11.2 Å². The van der Waals surface area contributed by atoms with E-state index < -0.39 is 0 Å². The Balaban J connectivity index is 1.39. The summed E-state index contributed by atoms with van der Waals surface area (Å²) in [5.41, 5.74) is 2.13. The molecule has 1 heterocycles. The van der Waals surface area contributed by atoms with Gasteiger partial charge in [-0.25, -0.2) is 4.39 Å². The van der Waals surface area contributed by atoms with Crippen molar-refractivity contribution in [1.29, 1.82) is 0 Å². The first-order valence-electron chi connectivity index (χ1n) is 9.59. The number of hydrogen-bond donors (Lipinski definition) is 1. The van der Waals surface area contributed by atoms with Crippen LogP contribution in [0.25, 0.3) is 11.4 Å². The van der Waals surface area contributed by atoms with Crippen LogP contribution in [0.3, 0.4) is 0 Å². The molecule has 152 valence electrons. The molecule has 0 spiro atoms. The van der Waals surface area contributed by atoms with Gasteiger partial charge in [0.2, 0.25) is 17.6 Å². The number of nitrogens with zero attached hydrogens (tertiary/aromatic N) is 2. The molecule has 0 radical (unpaired) electrons. The largest absolute Gasteiger partial charge is 0.492 e. The summed E-state index contributed by atoms with van der Waals surface area (Å²) < 4.78 is 23.5. The summed E-state index contributed by atoms with van der Waals surface area (Å²) in [6.45, 7) is 4.94. The lowest BCUT2D eigenvalue weighted by Gasteiger charge is -2.07. The van der Waals surface area contributed by atoms with Gasteiger partial charge in [0.05, 0.1) is 6.54 Å². The second-order valence-corrected chi connectivity index (χ2v) is 6.94. The van der Waals surface area contributed by atoms with Crippen molar-refractivity contribution in [1.82, 2.24) is 15.5 Å². The van der Waals surface area contributed by atoms with Crippen LogP contribution in [0.4, 0.5) is 4.39 Å². The first kappa shape index (κ1) is 20.5. The average molecular weight is 397 g/mol. The Morgan fingerprint density at radius 2 is 1.86 bits per heavy atom. The molecule has 6 nitrogen and oxygen atoms in total. The minimum Gasteiger partial charge on any atom is -0.492 e. The van der Waals surface area contributed by atoms with Gasteiger partial charge in [-0.05, 0) is 35.7 Å². The van der Waals surface area contributed by atoms with E-state index in [1.807, 2.05) is 12.1 Å². The third-order valence-corrected chi connectivity index (χ3v) is 4.38. The molecule has 29 heavy (non-hydrogen) atoms. The highest BCUT2D eigenvalue weighted by Crippen LogP contribution is 2.20. The highest BCUT2D eigenvalue weighted by atomic mass is 19.1. The van der Waals surface area contributed by atoms with Crippen molar-refractivity contribution in [2.45, 2.75) is 32.6 Å². The second kappa shape index (κ2) is 9.82. The number of carbonyl (C=O) groups is 1. The first-order valence-corrected chi connectivity index (χ1v) is 9.59. The van der Waals surface area contributed by atoms with E-state index in [0.29, 0.717) is 43.0 Å². The molecule has 1 N–H and O–H groups in total. The van der Waals surface area contributed by atoms with Crippen LogP contribution in [0.5, 0.6) is 5.75 Å². The van der Waals surface area contributed by atoms with E-state index in [9.17, 15) is 9.18 Å². The second-order valence-electron chi connectivity index (χ2n) is 6.94. The molecule has 0 aliphatic rings. The van der Waals surface area contributed by atoms with Crippen molar-refractivity contribution in [3.63, 3.8) is 0 Å². The molecule has 2 aromatic carbocycles. The molecule has 0 bridgehead atoms. The molecule has 7 heteroatoms. The van der Waals surface area contributed by atoms with Crippen molar-refractivity contribution < 1.29 is 18.4 Å². The normalized spacial score (nSPS) is 10.9. The highest BCUT2D eigenvalue weighted by Gasteiger charge is 2.11. The molecule has 0 fully saturated rings. The number of hydrogen-bond acceptors (Lipinski definition) is 5. The van der Waals surface area contributed by atoms with E-state index in [1.165, 1.54) is 17.7 Å². The lowest BCUT2D eigenvalue weighted by atomic mass is 10.0. The molecule has 0 aliphatic carbocycles. The van der Waals surface area contributed by atoms with E-state index in [2.05, 4.69) is 41.4 Å². The summed E-state index contributed by atoms with van der Waals surface area (Å²) in [5.74, 6) is 1.51. The molecule has 0 atom stereocenters. The Morgan fingerprint density at radius 3 is 2.55 bits per heavy atom. The molecule has 0 saturated heterocycles. The van der Waals surface area contributed by atoms with Gasteiger partial charge < -0.3 is 14.6 Å². The van der Waals surface area contributed by atoms with Gasteiger partial charge in [0.1, 0.15) is 18.2 Å². The van der Waals surface area contributed by atoms with Crippen LogP contribution < -0.4 is 10.1 Å². The Morgan fingerprint density at radius 1 is 1.14 bits per heavy atom. The number of ether oxygens (including phenoxy) is 1. The zero-order valence-electron chi connectivity index (χ0n) is 16.5. The standard InChI is InChI=1S/C22H24FN3O3/c1-15(2)16-3-5-17(6-4-16)22-25-21(29-26-22)12-11-20(27)24-13-14-28-19-9-7-18(23)8-10-19/h3-10,15H,11-14H2,1-2H3,(H,24,27). The number of aromatic nitrogens is 2. The molecule has 0 unspecified atom stereocenters. The number of halogens is 1. The van der Waals surface area contributed by atoms with Gasteiger partial charge in [0.25, 0.3) is 0 Å². The van der Waals surface area contributed by atoms with Crippen molar-refractivity contribution in [2.75, 3.05) is 13.2 Å². The smallest absolute Gasteiger partial charge is 0.227 e. The maximum atomic E-state index is 12.8. The van der Waals surface area contributed by atoms with Crippen LogP contribution >= 0.6 is 0 Å². The summed E-state index contributed by atoms with van der Waals surface area (Å²) in [6, 6.07) is 13.8. The van der Waals surface area contributed by atoms with Crippen molar-refractivity contribution in [2.24, 2.45) is 0 Å². The number of aryl methyl sites for hydroxylation is 1. The molecule has 0 saturated carbocycles. The Bertz CT molecular complexity index is 921. The summed E-state index contributed by atoms with van der Waals surface area (Å²) in [6.07, 6.45) is 0.603. The predicted molar refractivity (Wildman–Crippen MR) is 107 cm³/mol. The molecule has 3 rings (SSSR count). The van der Waals surface area contributed by atoms with Crippen LogP contribution in [0.15, 0.2) is 53.1 Å². The maximum absolute atomic E-state index is 12.8. The summed E-state index contributed by atoms with van der Waals surface area (Å²) >= 11 is 0. The van der Waals surface area contributed by atoms with Crippen molar-refractivity contribution in [3.8, 4) is 17.1 Å². The van der Waals surface area contributed by atoms with Crippen molar-refractivity contribution >= 4 is 5.91 Å². The molecular weight excluding hydrogens is 373 g/mol. The lowest BCUT2D eigenvalue weighted by Crippen LogP contribution is -2.28. The molecule has 1 aromatic heterocycles. The minimum atomic E-state index is -0.317. The zero-order chi connectivity index (χ0) is 20.6. The SMILES string of the molecule is CC(C)c1ccc(-c2noc(CCC(=O)NCCOc3ccc(F)cc3)n2)cc1. The molecule has 3 aromatic rings. The molecule has 1 amide bonds. The topological polar surface area (TPSA) is 77.2 Å². The van der Waals surface area contributed by atoms with Gasteiger partial charge in [0, 0.05) is 18.4 Å². The minimum absolute atomic E-state index is 0.131. The Hall–Kier alpha value is -3.22. The van der Waals surface area contributed by atoms with Gasteiger partial charge in [-0.3, -0.25) is 4.79 Å². The highest BCUT2D eigenvalue weighted by molar-refractivity contribution is 5.76. The van der Waals surface area contributed by atoms with Gasteiger partial charge >= 0.3 is 0 Å². The van der Waals surface area contributed by atoms with Gasteiger partial charge in [0.15, 0.2) is 0 Å². The fourth-order valence-corrected chi connectivity index (χ4v) is 2.69. The van der Waals surface area contributed by atoms with Gasteiger partial charge in [-0.1, -0.05) is 43.3 Å². The van der Waals surface area contributed by atoms with Gasteiger partial charge in [-0.15, -0.1) is 0 Å². The fraction of sp³-hybridized carbons (Fsp3) is 0.318. The predicted octanol–water partition coefficient (Wildman–Crippen LogP) is 4.13. The number of carbonyl (C=O) groups excluding carboxylic acids is 1. The van der Waals surface area contributed by atoms with Gasteiger partial charge in [-0.2, -0.15) is 4.98 Å². The summed E-state index contributed by atoms with van der Waals surface area (Å²) in [5, 5.41) is 6.75. The quantitative estimate of drug-likeness (QED) is 0.550. The lowest BCUT2D eigenvalue weighted by molar-refractivity contribution is -0.121. The fourth-order valence-electron chi connectivity index (χ4n) is 2.69. The zero-order valence-corrected chi connectivity index (χ0v) is 16.5. The van der Waals surface area contributed by atoms with Crippen LogP contribution in [0.2, 0.25) is 0 Å². The third-order valence-electron chi connectivity index (χ3n) is 4.38. The number of rotatable bonds is 9. The van der Waals surface area contributed by atoms with E-state index >= 15 is 0 Å². The van der Waals surface area contributed by atoms with Crippen LogP contribution in [0.1, 0.15) is 37.6 Å².